The average Bonchev–Trinajstić information content (AvgIpc) is 3.54. The van der Waals surface area contributed by atoms with Crippen LogP contribution in [0.3, 0.4) is 0 Å². The first-order valence-corrected chi connectivity index (χ1v) is 11.2. The molecule has 4 heterocycles. The Morgan fingerprint density at radius 3 is 2.83 bits per heavy atom. The standard InChI is InChI=1S/C26H19F2N5O3/c1-31-21-12-20(23-17(25(31)35)3-2-4-22(23)36-26(27)28)33-19-11-15(7-8-18(19)30-24(21)33)5-6-16-13-29-32(14-16)9-10-34/h2-4,7-8,11-14,20,26,34H,9-10H2,1H3/t20-/m1/s1. The normalized spacial score (nSPS) is 15.9. The van der Waals surface area contributed by atoms with Gasteiger partial charge in [-0.1, -0.05) is 17.9 Å². The van der Waals surface area contributed by atoms with Crippen LogP contribution in [0.4, 0.5) is 8.78 Å². The minimum atomic E-state index is -3.03. The Kier molecular flexibility index (Phi) is 5.09. The molecule has 2 aromatic heterocycles. The number of aliphatic hydroxyl groups is 1. The monoisotopic (exact) mass is 487 g/mol. The van der Waals surface area contributed by atoms with E-state index in [4.69, 9.17) is 14.8 Å². The fraction of sp³-hybridized carbons (Fsp3) is 0.192. The first-order chi connectivity index (χ1) is 17.4. The van der Waals surface area contributed by atoms with Gasteiger partial charge in [0.25, 0.3) is 5.91 Å². The Labute approximate surface area is 204 Å². The number of rotatable bonds is 4. The first-order valence-electron chi connectivity index (χ1n) is 11.2. The minimum absolute atomic E-state index is 0.0112. The Hall–Kier alpha value is -4.49. The van der Waals surface area contributed by atoms with Crippen molar-refractivity contribution in [1.29, 1.82) is 0 Å². The average molecular weight is 487 g/mol. The van der Waals surface area contributed by atoms with Gasteiger partial charge in [0.15, 0.2) is 5.82 Å². The first kappa shape index (κ1) is 22.0. The zero-order valence-corrected chi connectivity index (χ0v) is 19.0. The molecule has 4 aromatic rings. The molecule has 1 N–H and O–H groups in total. The van der Waals surface area contributed by atoms with Crippen LogP contribution in [0, 0.1) is 11.8 Å². The number of carbonyl (C=O) groups is 1. The number of carbonyl (C=O) groups excluding carboxylic acids is 1. The lowest BCUT2D eigenvalue weighted by molar-refractivity contribution is -0.0506. The van der Waals surface area contributed by atoms with Gasteiger partial charge in [0.1, 0.15) is 5.75 Å². The van der Waals surface area contributed by atoms with Crippen molar-refractivity contribution >= 4 is 22.6 Å². The van der Waals surface area contributed by atoms with Gasteiger partial charge < -0.3 is 19.3 Å². The quantitative estimate of drug-likeness (QED) is 0.447. The number of allylic oxidation sites excluding steroid dienone is 1. The second kappa shape index (κ2) is 8.32. The van der Waals surface area contributed by atoms with E-state index in [9.17, 15) is 13.6 Å². The van der Waals surface area contributed by atoms with Crippen LogP contribution >= 0.6 is 0 Å². The van der Waals surface area contributed by atoms with Crippen molar-refractivity contribution in [2.75, 3.05) is 13.7 Å². The van der Waals surface area contributed by atoms with E-state index in [-0.39, 0.29) is 18.3 Å². The maximum atomic E-state index is 13.2. The van der Waals surface area contributed by atoms with Gasteiger partial charge in [0, 0.05) is 29.9 Å². The van der Waals surface area contributed by atoms with E-state index in [1.807, 2.05) is 28.8 Å². The highest BCUT2D eigenvalue weighted by molar-refractivity contribution is 6.03. The molecule has 0 spiro atoms. The van der Waals surface area contributed by atoms with Crippen LogP contribution in [0.2, 0.25) is 0 Å². The summed E-state index contributed by atoms with van der Waals surface area (Å²) in [6, 6.07) is 9.63. The van der Waals surface area contributed by atoms with Crippen LogP contribution in [0.5, 0.6) is 5.75 Å². The van der Waals surface area contributed by atoms with Gasteiger partial charge >= 0.3 is 6.61 Å². The third kappa shape index (κ3) is 3.44. The number of hydrogen-bond acceptors (Lipinski definition) is 5. The second-order valence-electron chi connectivity index (χ2n) is 8.43. The number of hydrogen-bond donors (Lipinski definition) is 1. The molecule has 2 aliphatic heterocycles. The number of nitrogens with zero attached hydrogens (tertiary/aromatic N) is 5. The summed E-state index contributed by atoms with van der Waals surface area (Å²) in [7, 11) is 1.64. The van der Waals surface area contributed by atoms with Crippen LogP contribution in [-0.2, 0) is 6.54 Å². The highest BCUT2D eigenvalue weighted by Gasteiger charge is 2.39. The van der Waals surface area contributed by atoms with Gasteiger partial charge in [0.05, 0.1) is 47.7 Å². The van der Waals surface area contributed by atoms with Crippen molar-refractivity contribution < 1.29 is 23.4 Å². The van der Waals surface area contributed by atoms with E-state index < -0.39 is 12.7 Å². The molecule has 10 heteroatoms. The Balaban J connectivity index is 1.48. The van der Waals surface area contributed by atoms with E-state index in [1.54, 1.807) is 30.2 Å². The number of halogens is 2. The lowest BCUT2D eigenvalue weighted by Gasteiger charge is -2.24. The molecule has 6 rings (SSSR count). The third-order valence-corrected chi connectivity index (χ3v) is 6.30. The summed E-state index contributed by atoms with van der Waals surface area (Å²) in [5.74, 6) is 6.40. The van der Waals surface area contributed by atoms with E-state index >= 15 is 0 Å². The summed E-state index contributed by atoms with van der Waals surface area (Å²) in [6.45, 7) is -2.65. The fourth-order valence-corrected chi connectivity index (χ4v) is 4.73. The molecule has 2 bridgehead atoms. The molecule has 36 heavy (non-hydrogen) atoms. The lowest BCUT2D eigenvalue weighted by atomic mass is 9.99. The van der Waals surface area contributed by atoms with Crippen molar-refractivity contribution in [1.82, 2.24) is 24.2 Å². The summed E-state index contributed by atoms with van der Waals surface area (Å²) < 4.78 is 34.8. The molecular formula is C26H19F2N5O3. The Morgan fingerprint density at radius 2 is 2.03 bits per heavy atom. The van der Waals surface area contributed by atoms with Crippen LogP contribution in [-0.4, -0.2) is 55.5 Å². The van der Waals surface area contributed by atoms with Crippen molar-refractivity contribution in [3.63, 3.8) is 0 Å². The van der Waals surface area contributed by atoms with Crippen LogP contribution in [0.15, 0.2) is 54.9 Å². The summed E-state index contributed by atoms with van der Waals surface area (Å²) in [5, 5.41) is 13.2. The zero-order chi connectivity index (χ0) is 25.0. The number of amides is 1. The van der Waals surface area contributed by atoms with Crippen molar-refractivity contribution in [2.45, 2.75) is 19.2 Å². The molecule has 8 nitrogen and oxygen atoms in total. The second-order valence-corrected chi connectivity index (χ2v) is 8.43. The molecule has 1 amide bonds. The van der Waals surface area contributed by atoms with Gasteiger partial charge in [-0.25, -0.2) is 4.98 Å². The third-order valence-electron chi connectivity index (χ3n) is 6.30. The van der Waals surface area contributed by atoms with Gasteiger partial charge in [-0.15, -0.1) is 0 Å². The number of aliphatic hydroxyl groups excluding tert-OH is 1. The van der Waals surface area contributed by atoms with Crippen LogP contribution in [0.25, 0.3) is 16.7 Å². The number of alkyl halides is 2. The molecule has 0 aliphatic carbocycles. The molecule has 2 aromatic carbocycles. The highest BCUT2D eigenvalue weighted by Crippen LogP contribution is 2.46. The van der Waals surface area contributed by atoms with Crippen molar-refractivity contribution in [2.24, 2.45) is 0 Å². The van der Waals surface area contributed by atoms with E-state index in [2.05, 4.69) is 16.9 Å². The van der Waals surface area contributed by atoms with Crippen LogP contribution in [0.1, 0.15) is 38.9 Å². The van der Waals surface area contributed by atoms with Crippen molar-refractivity contribution in [3.8, 4) is 17.6 Å². The maximum Gasteiger partial charge on any atom is 0.387 e. The topological polar surface area (TPSA) is 85.4 Å². The minimum Gasteiger partial charge on any atom is -0.434 e. The molecule has 0 saturated carbocycles. The number of fused-ring (bicyclic) bond motifs is 8. The van der Waals surface area contributed by atoms with Gasteiger partial charge in [-0.3, -0.25) is 9.48 Å². The summed E-state index contributed by atoms with van der Waals surface area (Å²) in [5.41, 5.74) is 4.16. The smallest absolute Gasteiger partial charge is 0.387 e. The Morgan fingerprint density at radius 1 is 1.19 bits per heavy atom. The maximum absolute atomic E-state index is 13.2. The molecule has 2 aliphatic rings. The molecule has 1 atom stereocenters. The summed E-state index contributed by atoms with van der Waals surface area (Å²) >= 11 is 0. The number of benzene rings is 2. The van der Waals surface area contributed by atoms with E-state index in [0.29, 0.717) is 40.3 Å². The van der Waals surface area contributed by atoms with Crippen LogP contribution < -0.4 is 4.74 Å². The number of aromatic nitrogens is 4. The highest BCUT2D eigenvalue weighted by atomic mass is 19.3. The number of ether oxygens (including phenoxy) is 1. The molecule has 0 saturated heterocycles. The molecular weight excluding hydrogens is 468 g/mol. The SMILES string of the molecule is CN1C(=O)c2cccc(OC(F)F)c2[C@H]2C=C1c1nc3ccc(C#Cc4cnn(CCO)c4)cc3n12. The van der Waals surface area contributed by atoms with Gasteiger partial charge in [0.2, 0.25) is 0 Å². The van der Waals surface area contributed by atoms with Gasteiger partial charge in [-0.2, -0.15) is 13.9 Å². The lowest BCUT2D eigenvalue weighted by Crippen LogP contribution is -2.27. The summed E-state index contributed by atoms with van der Waals surface area (Å²) in [6.07, 6.45) is 5.23. The molecule has 0 fully saturated rings. The molecule has 180 valence electrons. The van der Waals surface area contributed by atoms with Gasteiger partial charge in [-0.05, 0) is 36.4 Å². The van der Waals surface area contributed by atoms with E-state index in [1.165, 1.54) is 17.0 Å². The largest absolute Gasteiger partial charge is 0.434 e. The van der Waals surface area contributed by atoms with Crippen molar-refractivity contribution in [3.05, 3.63) is 82.9 Å². The predicted molar refractivity (Wildman–Crippen MR) is 126 cm³/mol. The van der Waals surface area contributed by atoms with E-state index in [0.717, 1.165) is 11.1 Å². The molecule has 0 radical (unpaired) electrons. The predicted octanol–water partition coefficient (Wildman–Crippen LogP) is 3.26. The zero-order valence-electron chi connectivity index (χ0n) is 19.0. The number of imidazole rings is 1. The molecule has 0 unspecified atom stereocenters. The Bertz CT molecular complexity index is 1630. The summed E-state index contributed by atoms with van der Waals surface area (Å²) in [4.78, 5) is 19.4. The fourth-order valence-electron chi connectivity index (χ4n) is 4.73.